The Morgan fingerprint density at radius 3 is 2.55 bits per heavy atom. The Morgan fingerprint density at radius 1 is 1.10 bits per heavy atom. The third kappa shape index (κ3) is 3.96. The van der Waals surface area contributed by atoms with Crippen molar-refractivity contribution in [1.82, 2.24) is 14.7 Å². The molecule has 0 atom stereocenters. The van der Waals surface area contributed by atoms with Crippen LogP contribution in [-0.4, -0.2) is 39.8 Å². The molecule has 2 amide bonds. The van der Waals surface area contributed by atoms with Gasteiger partial charge in [0.1, 0.15) is 0 Å². The van der Waals surface area contributed by atoms with Crippen LogP contribution in [0.25, 0.3) is 5.52 Å². The lowest BCUT2D eigenvalue weighted by molar-refractivity contribution is 0.0526. The van der Waals surface area contributed by atoms with Gasteiger partial charge >= 0.3 is 5.97 Å². The third-order valence-corrected chi connectivity index (χ3v) is 4.53. The number of rotatable bonds is 6. The second-order valence-electron chi connectivity index (χ2n) is 6.74. The number of anilines is 1. The molecule has 2 aromatic heterocycles. The van der Waals surface area contributed by atoms with Crippen LogP contribution in [0.1, 0.15) is 51.2 Å². The first-order chi connectivity index (χ1) is 14.1. The number of hydrogen-bond acceptors (Lipinski definition) is 5. The summed E-state index contributed by atoms with van der Waals surface area (Å²) in [6.07, 6.45) is 3.63. The molecule has 8 nitrogen and oxygen atoms in total. The highest BCUT2D eigenvalue weighted by molar-refractivity contribution is 6.09. The van der Waals surface area contributed by atoms with Crippen molar-refractivity contribution in [3.05, 3.63) is 65.7 Å². The predicted molar refractivity (Wildman–Crippen MR) is 106 cm³/mol. The minimum Gasteiger partial charge on any atom is -0.462 e. The van der Waals surface area contributed by atoms with Gasteiger partial charge in [-0.15, -0.1) is 0 Å². The van der Waals surface area contributed by atoms with E-state index in [2.05, 4.69) is 15.6 Å². The highest BCUT2D eigenvalue weighted by atomic mass is 16.5. The van der Waals surface area contributed by atoms with Gasteiger partial charge in [-0.1, -0.05) is 6.07 Å². The van der Waals surface area contributed by atoms with Crippen LogP contribution in [0.3, 0.4) is 0 Å². The zero-order valence-electron chi connectivity index (χ0n) is 15.8. The van der Waals surface area contributed by atoms with Crippen molar-refractivity contribution in [2.24, 2.45) is 0 Å². The molecule has 1 fully saturated rings. The molecule has 0 spiro atoms. The number of carbonyl (C=O) groups is 3. The average molecular weight is 392 g/mol. The van der Waals surface area contributed by atoms with Crippen LogP contribution in [0.15, 0.2) is 48.7 Å². The summed E-state index contributed by atoms with van der Waals surface area (Å²) in [5.74, 6) is -0.985. The smallest absolute Gasteiger partial charge is 0.338 e. The van der Waals surface area contributed by atoms with E-state index in [1.165, 1.54) is 0 Å². The Balaban J connectivity index is 1.57. The molecule has 29 heavy (non-hydrogen) atoms. The summed E-state index contributed by atoms with van der Waals surface area (Å²) < 4.78 is 6.55. The van der Waals surface area contributed by atoms with Crippen molar-refractivity contribution in [3.8, 4) is 0 Å². The average Bonchev–Trinajstić information content (AvgIpc) is 3.45. The summed E-state index contributed by atoms with van der Waals surface area (Å²) in [5.41, 5.74) is 1.59. The molecule has 4 rings (SSSR count). The minimum absolute atomic E-state index is 0.154. The molecule has 1 aliphatic rings. The van der Waals surface area contributed by atoms with Crippen LogP contribution in [0.4, 0.5) is 5.69 Å². The number of nitrogens with one attached hydrogen (secondary N) is 2. The molecule has 8 heteroatoms. The van der Waals surface area contributed by atoms with Crippen LogP contribution in [0.5, 0.6) is 0 Å². The molecule has 0 saturated heterocycles. The number of carbonyl (C=O) groups excluding carboxylic acids is 3. The number of esters is 1. The Kier molecular flexibility index (Phi) is 4.99. The van der Waals surface area contributed by atoms with Crippen molar-refractivity contribution in [3.63, 3.8) is 0 Å². The number of amides is 2. The number of fused-ring (bicyclic) bond motifs is 1. The molecule has 1 aliphatic carbocycles. The fourth-order valence-corrected chi connectivity index (χ4v) is 2.94. The van der Waals surface area contributed by atoms with E-state index in [-0.39, 0.29) is 23.5 Å². The van der Waals surface area contributed by atoms with E-state index in [1.807, 2.05) is 0 Å². The highest BCUT2D eigenvalue weighted by Crippen LogP contribution is 2.21. The molecule has 0 aliphatic heterocycles. The van der Waals surface area contributed by atoms with E-state index < -0.39 is 11.9 Å². The zero-order valence-corrected chi connectivity index (χ0v) is 15.8. The van der Waals surface area contributed by atoms with Gasteiger partial charge in [-0.25, -0.2) is 9.78 Å². The number of aromatic nitrogens is 2. The monoisotopic (exact) mass is 392 g/mol. The lowest BCUT2D eigenvalue weighted by Gasteiger charge is -2.05. The van der Waals surface area contributed by atoms with E-state index >= 15 is 0 Å². The van der Waals surface area contributed by atoms with Gasteiger partial charge in [-0.05, 0) is 56.2 Å². The van der Waals surface area contributed by atoms with Gasteiger partial charge in [-0.2, -0.15) is 0 Å². The first-order valence-corrected chi connectivity index (χ1v) is 9.43. The lowest BCUT2D eigenvalue weighted by atomic mass is 10.2. The van der Waals surface area contributed by atoms with Gasteiger partial charge in [0.15, 0.2) is 5.69 Å². The summed E-state index contributed by atoms with van der Waals surface area (Å²) >= 11 is 0. The fourth-order valence-electron chi connectivity index (χ4n) is 2.94. The van der Waals surface area contributed by atoms with Crippen molar-refractivity contribution < 1.29 is 19.1 Å². The quantitative estimate of drug-likeness (QED) is 0.628. The molecule has 0 bridgehead atoms. The molecule has 2 N–H and O–H groups in total. The van der Waals surface area contributed by atoms with Crippen molar-refractivity contribution in [2.45, 2.75) is 25.8 Å². The van der Waals surface area contributed by atoms with Crippen molar-refractivity contribution in [1.29, 1.82) is 0 Å². The van der Waals surface area contributed by atoms with E-state index in [1.54, 1.807) is 60.0 Å². The molecule has 0 radical (unpaired) electrons. The maximum atomic E-state index is 12.8. The molecular formula is C21H20N4O4. The molecule has 148 valence electrons. The highest BCUT2D eigenvalue weighted by Gasteiger charge is 2.27. The van der Waals surface area contributed by atoms with E-state index in [0.717, 1.165) is 12.8 Å². The van der Waals surface area contributed by atoms with Crippen molar-refractivity contribution >= 4 is 29.0 Å². The second-order valence-corrected chi connectivity index (χ2v) is 6.74. The van der Waals surface area contributed by atoms with Crippen LogP contribution in [0.2, 0.25) is 0 Å². The second kappa shape index (κ2) is 7.75. The van der Waals surface area contributed by atoms with E-state index in [9.17, 15) is 14.4 Å². The molecular weight excluding hydrogens is 372 g/mol. The van der Waals surface area contributed by atoms with Gasteiger partial charge in [-0.3, -0.25) is 14.0 Å². The summed E-state index contributed by atoms with van der Waals surface area (Å²) in [4.78, 5) is 41.3. The van der Waals surface area contributed by atoms with Crippen molar-refractivity contribution in [2.75, 3.05) is 11.9 Å². The first-order valence-electron chi connectivity index (χ1n) is 9.43. The molecule has 1 saturated carbocycles. The zero-order chi connectivity index (χ0) is 20.4. The molecule has 2 heterocycles. The Hall–Kier alpha value is -3.68. The Morgan fingerprint density at radius 2 is 1.86 bits per heavy atom. The standard InChI is InChI=1S/C21H20N4O4/c1-2-29-21(28)13-6-8-14(9-7-13)22-19(26)17-16-5-3-4-12-25(16)18(24-17)20(27)23-15-10-11-15/h3-9,12,15H,2,10-11H2,1H3,(H,22,26)(H,23,27). The third-order valence-electron chi connectivity index (χ3n) is 4.53. The van der Waals surface area contributed by atoms with Crippen LogP contribution < -0.4 is 10.6 Å². The number of nitrogens with zero attached hydrogens (tertiary/aromatic N) is 2. The number of ether oxygens (including phenoxy) is 1. The Bertz CT molecular complexity index is 1080. The summed E-state index contributed by atoms with van der Waals surface area (Å²) in [7, 11) is 0. The number of pyridine rings is 1. The van der Waals surface area contributed by atoms with E-state index in [4.69, 9.17) is 4.74 Å². The summed E-state index contributed by atoms with van der Waals surface area (Å²) in [5, 5.41) is 5.65. The topological polar surface area (TPSA) is 102 Å². The van der Waals surface area contributed by atoms with Gasteiger partial charge in [0.05, 0.1) is 17.7 Å². The van der Waals surface area contributed by atoms with Gasteiger partial charge in [0.25, 0.3) is 11.8 Å². The first kappa shape index (κ1) is 18.7. The van der Waals surface area contributed by atoms with Crippen LogP contribution >= 0.6 is 0 Å². The number of hydrogen-bond donors (Lipinski definition) is 2. The largest absolute Gasteiger partial charge is 0.462 e. The van der Waals surface area contributed by atoms with Crippen LogP contribution in [-0.2, 0) is 4.74 Å². The Labute approximate surface area is 166 Å². The predicted octanol–water partition coefficient (Wildman–Crippen LogP) is 2.66. The lowest BCUT2D eigenvalue weighted by Crippen LogP contribution is -2.27. The number of benzene rings is 1. The summed E-state index contributed by atoms with van der Waals surface area (Å²) in [6.45, 7) is 2.03. The van der Waals surface area contributed by atoms with Gasteiger partial charge in [0.2, 0.25) is 5.82 Å². The minimum atomic E-state index is -0.442. The molecule has 3 aromatic rings. The summed E-state index contributed by atoms with van der Waals surface area (Å²) in [6, 6.07) is 11.9. The SMILES string of the molecule is CCOC(=O)c1ccc(NC(=O)c2nc(C(=O)NC3CC3)n3ccccc23)cc1. The maximum Gasteiger partial charge on any atom is 0.338 e. The van der Waals surface area contributed by atoms with Gasteiger partial charge < -0.3 is 15.4 Å². The molecule has 1 aromatic carbocycles. The molecule has 0 unspecified atom stereocenters. The number of imidazole rings is 1. The fraction of sp³-hybridized carbons (Fsp3) is 0.238. The van der Waals surface area contributed by atoms with E-state index in [0.29, 0.717) is 23.4 Å². The van der Waals surface area contributed by atoms with Gasteiger partial charge in [0, 0.05) is 17.9 Å². The van der Waals surface area contributed by atoms with Crippen LogP contribution in [0, 0.1) is 0 Å². The maximum absolute atomic E-state index is 12.8. The normalized spacial score (nSPS) is 13.1.